The molecule has 6 heteroatoms. The molecule has 2 aromatic rings. The fourth-order valence-corrected chi connectivity index (χ4v) is 3.16. The number of hydrogen-bond donors (Lipinski definition) is 1. The van der Waals surface area contributed by atoms with Crippen molar-refractivity contribution in [2.24, 2.45) is 5.92 Å². The number of para-hydroxylation sites is 1. The van der Waals surface area contributed by atoms with Gasteiger partial charge in [-0.05, 0) is 49.1 Å². The molecule has 0 aliphatic heterocycles. The van der Waals surface area contributed by atoms with Crippen LogP contribution in [0.2, 0.25) is 0 Å². The van der Waals surface area contributed by atoms with Crippen molar-refractivity contribution in [1.29, 1.82) is 0 Å². The number of carbonyl (C=O) groups excluding carboxylic acids is 2. The predicted molar refractivity (Wildman–Crippen MR) is 123 cm³/mol. The average Bonchev–Trinajstić information content (AvgIpc) is 2.74. The number of nitrogens with zero attached hydrogens (tertiary/aromatic N) is 1. The topological polar surface area (TPSA) is 58.6 Å². The van der Waals surface area contributed by atoms with Crippen molar-refractivity contribution >= 4 is 27.7 Å². The third kappa shape index (κ3) is 8.19. The Kier molecular flexibility index (Phi) is 9.87. The first kappa shape index (κ1) is 23.9. The van der Waals surface area contributed by atoms with Crippen LogP contribution in [0.5, 0.6) is 5.75 Å². The van der Waals surface area contributed by atoms with Gasteiger partial charge in [0.1, 0.15) is 11.8 Å². The van der Waals surface area contributed by atoms with Gasteiger partial charge in [-0.15, -0.1) is 0 Å². The summed E-state index contributed by atoms with van der Waals surface area (Å²) in [5, 5.41) is 2.94. The van der Waals surface area contributed by atoms with Gasteiger partial charge in [-0.2, -0.15) is 0 Å². The molecule has 1 atom stereocenters. The van der Waals surface area contributed by atoms with Crippen LogP contribution in [0.25, 0.3) is 0 Å². The molecule has 0 saturated carbocycles. The summed E-state index contributed by atoms with van der Waals surface area (Å²) >= 11 is 3.43. The fourth-order valence-electron chi connectivity index (χ4n) is 2.90. The van der Waals surface area contributed by atoms with Crippen molar-refractivity contribution in [1.82, 2.24) is 10.2 Å². The molecule has 2 rings (SSSR count). The van der Waals surface area contributed by atoms with Gasteiger partial charge in [-0.25, -0.2) is 0 Å². The Morgan fingerprint density at radius 2 is 1.70 bits per heavy atom. The van der Waals surface area contributed by atoms with Crippen molar-refractivity contribution in [2.45, 2.75) is 46.2 Å². The maximum Gasteiger partial charge on any atom is 0.242 e. The van der Waals surface area contributed by atoms with E-state index in [1.54, 1.807) is 11.8 Å². The molecule has 162 valence electrons. The summed E-state index contributed by atoms with van der Waals surface area (Å²) < 4.78 is 6.66. The van der Waals surface area contributed by atoms with E-state index in [1.807, 2.05) is 68.4 Å². The average molecular weight is 475 g/mol. The van der Waals surface area contributed by atoms with Crippen LogP contribution in [0.1, 0.15) is 39.2 Å². The van der Waals surface area contributed by atoms with Crippen LogP contribution in [0.3, 0.4) is 0 Å². The summed E-state index contributed by atoms with van der Waals surface area (Å²) in [6.07, 6.45) is 0.913. The normalized spacial score (nSPS) is 11.8. The van der Waals surface area contributed by atoms with Crippen molar-refractivity contribution in [3.05, 3.63) is 64.6 Å². The standard InChI is InChI=1S/C24H31BrN2O3/c1-18(2)16-26-24(29)19(3)27(17-20-11-13-21(25)14-12-20)23(28)10-7-15-30-22-8-5-4-6-9-22/h4-6,8-9,11-14,18-19H,7,10,15-17H2,1-3H3,(H,26,29). The monoisotopic (exact) mass is 474 g/mol. The number of carbonyl (C=O) groups is 2. The molecule has 0 fully saturated rings. The van der Waals surface area contributed by atoms with Crippen molar-refractivity contribution < 1.29 is 14.3 Å². The molecule has 0 bridgehead atoms. The molecule has 0 saturated heterocycles. The Hall–Kier alpha value is -2.34. The van der Waals surface area contributed by atoms with Gasteiger partial charge in [0.15, 0.2) is 0 Å². The van der Waals surface area contributed by atoms with Gasteiger partial charge in [0, 0.05) is 24.0 Å². The van der Waals surface area contributed by atoms with Crippen LogP contribution >= 0.6 is 15.9 Å². The fraction of sp³-hybridized carbons (Fsp3) is 0.417. The minimum Gasteiger partial charge on any atom is -0.494 e. The Morgan fingerprint density at radius 1 is 1.03 bits per heavy atom. The van der Waals surface area contributed by atoms with E-state index < -0.39 is 6.04 Å². The number of benzene rings is 2. The van der Waals surface area contributed by atoms with Crippen LogP contribution in [0.15, 0.2) is 59.1 Å². The van der Waals surface area contributed by atoms with E-state index >= 15 is 0 Å². The molecule has 30 heavy (non-hydrogen) atoms. The summed E-state index contributed by atoms with van der Waals surface area (Å²) in [7, 11) is 0. The summed E-state index contributed by atoms with van der Waals surface area (Å²) in [5.41, 5.74) is 0.982. The molecule has 0 aromatic heterocycles. The van der Waals surface area contributed by atoms with E-state index in [0.29, 0.717) is 38.5 Å². The maximum absolute atomic E-state index is 13.0. The highest BCUT2D eigenvalue weighted by Gasteiger charge is 2.25. The van der Waals surface area contributed by atoms with E-state index in [0.717, 1.165) is 15.8 Å². The van der Waals surface area contributed by atoms with Crippen LogP contribution in [-0.4, -0.2) is 35.9 Å². The lowest BCUT2D eigenvalue weighted by molar-refractivity contribution is -0.140. The third-order valence-electron chi connectivity index (χ3n) is 4.66. The molecular weight excluding hydrogens is 444 g/mol. The van der Waals surface area contributed by atoms with E-state index in [9.17, 15) is 9.59 Å². The zero-order valence-corrected chi connectivity index (χ0v) is 19.5. The van der Waals surface area contributed by atoms with E-state index in [4.69, 9.17) is 4.74 Å². The van der Waals surface area contributed by atoms with Gasteiger partial charge in [0.2, 0.25) is 11.8 Å². The van der Waals surface area contributed by atoms with E-state index in [2.05, 4.69) is 21.2 Å². The minimum atomic E-state index is -0.546. The summed E-state index contributed by atoms with van der Waals surface area (Å²) in [6, 6.07) is 16.8. The molecule has 2 aromatic carbocycles. The van der Waals surface area contributed by atoms with Crippen molar-refractivity contribution in [2.75, 3.05) is 13.2 Å². The van der Waals surface area contributed by atoms with Crippen molar-refractivity contribution in [3.63, 3.8) is 0 Å². The largest absolute Gasteiger partial charge is 0.494 e. The van der Waals surface area contributed by atoms with Gasteiger partial charge >= 0.3 is 0 Å². The Labute approximate surface area is 187 Å². The van der Waals surface area contributed by atoms with Gasteiger partial charge in [0.05, 0.1) is 6.61 Å². The number of rotatable bonds is 11. The lowest BCUT2D eigenvalue weighted by Crippen LogP contribution is -2.48. The molecular formula is C24H31BrN2O3. The molecule has 2 amide bonds. The second kappa shape index (κ2) is 12.4. The van der Waals surface area contributed by atoms with Gasteiger partial charge in [-0.1, -0.05) is 60.1 Å². The van der Waals surface area contributed by atoms with E-state index in [-0.39, 0.29) is 11.8 Å². The summed E-state index contributed by atoms with van der Waals surface area (Å²) in [4.78, 5) is 27.3. The van der Waals surface area contributed by atoms with Crippen molar-refractivity contribution in [3.8, 4) is 5.75 Å². The first-order valence-electron chi connectivity index (χ1n) is 10.4. The molecule has 0 spiro atoms. The lowest BCUT2D eigenvalue weighted by Gasteiger charge is -2.29. The number of ether oxygens (including phenoxy) is 1. The van der Waals surface area contributed by atoms with Gasteiger partial charge < -0.3 is 15.0 Å². The molecule has 0 aliphatic rings. The SMILES string of the molecule is CC(C)CNC(=O)C(C)N(Cc1ccc(Br)cc1)C(=O)CCCOc1ccccc1. The highest BCUT2D eigenvalue weighted by atomic mass is 79.9. The highest BCUT2D eigenvalue weighted by Crippen LogP contribution is 2.16. The van der Waals surface area contributed by atoms with Gasteiger partial charge in [-0.3, -0.25) is 9.59 Å². The lowest BCUT2D eigenvalue weighted by atomic mass is 10.1. The molecule has 5 nitrogen and oxygen atoms in total. The van der Waals surface area contributed by atoms with E-state index in [1.165, 1.54) is 0 Å². The van der Waals surface area contributed by atoms with Crippen LogP contribution < -0.4 is 10.1 Å². The molecule has 0 radical (unpaired) electrons. The molecule has 0 heterocycles. The summed E-state index contributed by atoms with van der Waals surface area (Å²) in [6.45, 7) is 7.31. The second-order valence-electron chi connectivity index (χ2n) is 7.73. The second-order valence-corrected chi connectivity index (χ2v) is 8.64. The first-order valence-corrected chi connectivity index (χ1v) is 11.2. The zero-order chi connectivity index (χ0) is 21.9. The quantitative estimate of drug-likeness (QED) is 0.475. The Balaban J connectivity index is 1.98. The van der Waals surface area contributed by atoms with Crippen LogP contribution in [0.4, 0.5) is 0 Å². The van der Waals surface area contributed by atoms with Gasteiger partial charge in [0.25, 0.3) is 0 Å². The zero-order valence-electron chi connectivity index (χ0n) is 17.9. The van der Waals surface area contributed by atoms with Crippen LogP contribution in [0, 0.1) is 5.92 Å². The first-order chi connectivity index (χ1) is 14.4. The maximum atomic E-state index is 13.0. The van der Waals surface area contributed by atoms with Crippen LogP contribution in [-0.2, 0) is 16.1 Å². The molecule has 1 unspecified atom stereocenters. The Morgan fingerprint density at radius 3 is 2.33 bits per heavy atom. The Bertz CT molecular complexity index is 794. The number of hydrogen-bond acceptors (Lipinski definition) is 3. The number of nitrogens with one attached hydrogen (secondary N) is 1. The smallest absolute Gasteiger partial charge is 0.242 e. The number of halogens is 1. The predicted octanol–water partition coefficient (Wildman–Crippen LogP) is 4.80. The molecule has 1 N–H and O–H groups in total. The summed E-state index contributed by atoms with van der Waals surface area (Å²) in [5.74, 6) is 0.960. The third-order valence-corrected chi connectivity index (χ3v) is 5.19. The molecule has 0 aliphatic carbocycles. The number of amides is 2. The minimum absolute atomic E-state index is 0.0539. The highest BCUT2D eigenvalue weighted by molar-refractivity contribution is 9.10.